The SMILES string of the molecule is O=S(=O)(c1ccc(-c2ccc(S(=O)(=O)C(F)(F)F)c(Br)c2Br)cc1)C(F)(F)F. The first-order valence-electron chi connectivity index (χ1n) is 6.73. The van der Waals surface area contributed by atoms with Crippen LogP contribution in [0, 0.1) is 0 Å². The van der Waals surface area contributed by atoms with Gasteiger partial charge in [-0.1, -0.05) is 18.2 Å². The molecule has 0 spiro atoms. The van der Waals surface area contributed by atoms with Crippen molar-refractivity contribution in [3.05, 3.63) is 45.3 Å². The zero-order valence-electron chi connectivity index (χ0n) is 12.9. The molecule has 0 saturated heterocycles. The maximum absolute atomic E-state index is 12.7. The van der Waals surface area contributed by atoms with Gasteiger partial charge >= 0.3 is 11.0 Å². The molecule has 0 aliphatic carbocycles. The highest BCUT2D eigenvalue weighted by Crippen LogP contribution is 2.42. The van der Waals surface area contributed by atoms with Crippen LogP contribution >= 0.6 is 31.9 Å². The van der Waals surface area contributed by atoms with Gasteiger partial charge in [-0.15, -0.1) is 0 Å². The van der Waals surface area contributed by atoms with Crippen LogP contribution in [0.1, 0.15) is 0 Å². The number of sulfone groups is 2. The van der Waals surface area contributed by atoms with Crippen LogP contribution in [0.2, 0.25) is 0 Å². The molecule has 0 bridgehead atoms. The van der Waals surface area contributed by atoms with Crippen molar-refractivity contribution in [2.75, 3.05) is 0 Å². The van der Waals surface area contributed by atoms with E-state index in [-0.39, 0.29) is 15.6 Å². The Bertz CT molecular complexity index is 1120. The molecule has 0 N–H and O–H groups in total. The molecule has 2 aromatic rings. The van der Waals surface area contributed by atoms with Crippen molar-refractivity contribution in [1.29, 1.82) is 0 Å². The second-order valence-corrected chi connectivity index (χ2v) is 10.6. The molecule has 0 aromatic heterocycles. The van der Waals surface area contributed by atoms with Crippen molar-refractivity contribution in [3.8, 4) is 11.1 Å². The van der Waals surface area contributed by atoms with Crippen molar-refractivity contribution in [2.45, 2.75) is 20.8 Å². The second-order valence-electron chi connectivity index (χ2n) is 5.16. The highest BCUT2D eigenvalue weighted by molar-refractivity contribution is 9.13. The van der Waals surface area contributed by atoms with Gasteiger partial charge in [0, 0.05) is 4.47 Å². The molecule has 0 radical (unpaired) electrons. The van der Waals surface area contributed by atoms with E-state index in [1.807, 2.05) is 0 Å². The molecule has 0 aliphatic rings. The fraction of sp³-hybridized carbons (Fsp3) is 0.143. The normalized spacial score (nSPS) is 13.6. The Hall–Kier alpha value is -1.12. The lowest BCUT2D eigenvalue weighted by molar-refractivity contribution is -0.0442. The van der Waals surface area contributed by atoms with Gasteiger partial charge in [0.15, 0.2) is 0 Å². The molecule has 4 nitrogen and oxygen atoms in total. The summed E-state index contributed by atoms with van der Waals surface area (Å²) in [7, 11) is -11.2. The Morgan fingerprint density at radius 3 is 1.54 bits per heavy atom. The van der Waals surface area contributed by atoms with Gasteiger partial charge in [-0.05, 0) is 61.2 Å². The monoisotopic (exact) mass is 574 g/mol. The Balaban J connectivity index is 2.56. The predicted octanol–water partition coefficient (Wildman–Crippen LogP) is 5.47. The molecular formula is C14H6Br2F6O4S2. The summed E-state index contributed by atoms with van der Waals surface area (Å²) in [5, 5.41) is 0. The van der Waals surface area contributed by atoms with E-state index in [9.17, 15) is 43.2 Å². The summed E-state index contributed by atoms with van der Waals surface area (Å²) in [6.45, 7) is 0. The summed E-state index contributed by atoms with van der Waals surface area (Å²) in [5.41, 5.74) is -10.8. The van der Waals surface area contributed by atoms with Crippen molar-refractivity contribution in [1.82, 2.24) is 0 Å². The average molecular weight is 576 g/mol. The lowest BCUT2D eigenvalue weighted by atomic mass is 10.1. The number of halogens is 8. The minimum atomic E-state index is -5.65. The number of benzene rings is 2. The number of rotatable bonds is 3. The largest absolute Gasteiger partial charge is 0.501 e. The molecule has 14 heteroatoms. The van der Waals surface area contributed by atoms with Crippen molar-refractivity contribution in [3.63, 3.8) is 0 Å². The lowest BCUT2D eigenvalue weighted by Gasteiger charge is -2.14. The first kappa shape index (κ1) is 23.2. The molecule has 0 aliphatic heterocycles. The van der Waals surface area contributed by atoms with Crippen molar-refractivity contribution in [2.24, 2.45) is 0 Å². The molecule has 2 rings (SSSR count). The van der Waals surface area contributed by atoms with Gasteiger partial charge < -0.3 is 0 Å². The molecule has 28 heavy (non-hydrogen) atoms. The Morgan fingerprint density at radius 1 is 0.643 bits per heavy atom. The summed E-state index contributed by atoms with van der Waals surface area (Å²) >= 11 is 5.70. The van der Waals surface area contributed by atoms with E-state index in [4.69, 9.17) is 0 Å². The third-order valence-corrected chi connectivity index (χ3v) is 8.89. The molecule has 154 valence electrons. The summed E-state index contributed by atoms with van der Waals surface area (Å²) in [5.74, 6) is 0. The minimum absolute atomic E-state index is 0.115. The molecule has 0 atom stereocenters. The van der Waals surface area contributed by atoms with Crippen LogP contribution in [0.3, 0.4) is 0 Å². The third kappa shape index (κ3) is 3.96. The van der Waals surface area contributed by atoms with Crippen LogP contribution in [0.15, 0.2) is 55.1 Å². The third-order valence-electron chi connectivity index (χ3n) is 3.42. The van der Waals surface area contributed by atoms with Gasteiger partial charge in [-0.25, -0.2) is 16.8 Å². The smallest absolute Gasteiger partial charge is 0.214 e. The highest BCUT2D eigenvalue weighted by atomic mass is 79.9. The Kier molecular flexibility index (Phi) is 6.03. The molecule has 0 heterocycles. The van der Waals surface area contributed by atoms with Crippen molar-refractivity contribution < 1.29 is 43.2 Å². The molecule has 2 aromatic carbocycles. The fourth-order valence-corrected chi connectivity index (χ4v) is 5.32. The van der Waals surface area contributed by atoms with Crippen molar-refractivity contribution >= 4 is 51.5 Å². The van der Waals surface area contributed by atoms with E-state index in [0.29, 0.717) is 18.2 Å². The number of hydrogen-bond donors (Lipinski definition) is 0. The highest BCUT2D eigenvalue weighted by Gasteiger charge is 2.48. The predicted molar refractivity (Wildman–Crippen MR) is 93.8 cm³/mol. The van der Waals surface area contributed by atoms with Gasteiger partial charge in [-0.3, -0.25) is 0 Å². The van der Waals surface area contributed by atoms with E-state index in [0.717, 1.165) is 18.2 Å². The summed E-state index contributed by atoms with van der Waals surface area (Å²) in [6.07, 6.45) is 0. The maximum Gasteiger partial charge on any atom is 0.501 e. The van der Waals surface area contributed by atoms with Crippen LogP contribution < -0.4 is 0 Å². The first-order valence-corrected chi connectivity index (χ1v) is 11.3. The number of hydrogen-bond acceptors (Lipinski definition) is 4. The van der Waals surface area contributed by atoms with Gasteiger partial charge in [0.1, 0.15) is 0 Å². The maximum atomic E-state index is 12.7. The van der Waals surface area contributed by atoms with E-state index in [1.54, 1.807) is 0 Å². The quantitative estimate of drug-likeness (QED) is 0.456. The second kappa shape index (κ2) is 7.29. The fourth-order valence-electron chi connectivity index (χ4n) is 2.03. The first-order chi connectivity index (χ1) is 12.5. The Labute approximate surface area is 171 Å². The summed E-state index contributed by atoms with van der Waals surface area (Å²) in [4.78, 5) is -2.08. The van der Waals surface area contributed by atoms with Crippen LogP contribution in [-0.4, -0.2) is 27.9 Å². The molecule has 0 amide bonds. The Morgan fingerprint density at radius 2 is 1.11 bits per heavy atom. The van der Waals surface area contributed by atoms with Crippen LogP contribution in [0.5, 0.6) is 0 Å². The van der Waals surface area contributed by atoms with E-state index >= 15 is 0 Å². The molecular weight excluding hydrogens is 570 g/mol. The average Bonchev–Trinajstić information content (AvgIpc) is 2.55. The van der Waals surface area contributed by atoms with Crippen LogP contribution in [0.25, 0.3) is 11.1 Å². The van der Waals surface area contributed by atoms with E-state index < -0.39 is 45.0 Å². The van der Waals surface area contributed by atoms with Gasteiger partial charge in [0.25, 0.3) is 19.7 Å². The van der Waals surface area contributed by atoms with Crippen LogP contribution in [-0.2, 0) is 19.7 Å². The summed E-state index contributed by atoms with van der Waals surface area (Å²) in [6, 6.07) is 5.04. The zero-order valence-corrected chi connectivity index (χ0v) is 17.7. The van der Waals surface area contributed by atoms with Gasteiger partial charge in [0.2, 0.25) is 0 Å². The van der Waals surface area contributed by atoms with Crippen LogP contribution in [0.4, 0.5) is 26.3 Å². The van der Waals surface area contributed by atoms with Gasteiger partial charge in [0.05, 0.1) is 14.3 Å². The van der Waals surface area contributed by atoms with E-state index in [2.05, 4.69) is 31.9 Å². The topological polar surface area (TPSA) is 68.3 Å². The standard InChI is InChI=1S/C14H6Br2F6O4S2/c15-11-9(5-6-10(12(11)16)28(25,26)14(20,21)22)7-1-3-8(4-2-7)27(23,24)13(17,18)19/h1-6H. The zero-order chi connectivity index (χ0) is 21.7. The molecule has 0 saturated carbocycles. The molecule has 0 fully saturated rings. The summed E-state index contributed by atoms with van der Waals surface area (Å²) < 4.78 is 121. The molecule has 0 unspecified atom stereocenters. The van der Waals surface area contributed by atoms with Gasteiger partial charge in [-0.2, -0.15) is 26.3 Å². The lowest BCUT2D eigenvalue weighted by Crippen LogP contribution is -2.23. The minimum Gasteiger partial charge on any atom is -0.214 e. The van der Waals surface area contributed by atoms with E-state index in [1.165, 1.54) is 0 Å². The number of alkyl halides is 6.